The van der Waals surface area contributed by atoms with Gasteiger partial charge in [-0.25, -0.2) is 4.39 Å². The van der Waals surface area contributed by atoms with Crippen molar-refractivity contribution in [2.45, 2.75) is 25.3 Å². The van der Waals surface area contributed by atoms with Crippen LogP contribution in [0.3, 0.4) is 0 Å². The normalized spacial score (nSPS) is 13.7. The molecule has 1 aromatic heterocycles. The van der Waals surface area contributed by atoms with Crippen LogP contribution in [0.5, 0.6) is 23.0 Å². The van der Waals surface area contributed by atoms with Crippen LogP contribution in [0.1, 0.15) is 19.3 Å². The predicted molar refractivity (Wildman–Crippen MR) is 182 cm³/mol. The Hall–Kier alpha value is -5.02. The molecule has 264 valence electrons. The summed E-state index contributed by atoms with van der Waals surface area (Å²) in [5.74, 6) is -2.30. The number of aromatic nitrogens is 1. The molecule has 0 radical (unpaired) electrons. The number of methoxy groups -OCH3 is 1. The minimum Gasteiger partial charge on any atom is -0.493 e. The Morgan fingerprint density at radius 1 is 0.960 bits per heavy atom. The van der Waals surface area contributed by atoms with Crippen LogP contribution in [0.15, 0.2) is 66.9 Å². The summed E-state index contributed by atoms with van der Waals surface area (Å²) < 4.78 is 37.6. The minimum absolute atomic E-state index is 0.0273. The second kappa shape index (κ2) is 16.1. The van der Waals surface area contributed by atoms with Gasteiger partial charge in [0.05, 0.1) is 39.1 Å². The number of carbonyl (C=O) groups is 3. The zero-order valence-corrected chi connectivity index (χ0v) is 27.7. The van der Waals surface area contributed by atoms with Gasteiger partial charge in [0, 0.05) is 52.5 Å². The summed E-state index contributed by atoms with van der Waals surface area (Å²) in [6.45, 7) is -0.796. The highest BCUT2D eigenvalue weighted by Crippen LogP contribution is 2.48. The van der Waals surface area contributed by atoms with Crippen LogP contribution in [0.2, 0.25) is 5.02 Å². The second-order valence-corrected chi connectivity index (χ2v) is 12.1. The first-order valence-corrected chi connectivity index (χ1v) is 16.0. The van der Waals surface area contributed by atoms with E-state index in [2.05, 4.69) is 15.6 Å². The van der Waals surface area contributed by atoms with Gasteiger partial charge in [0.1, 0.15) is 17.2 Å². The first-order valence-electron chi connectivity index (χ1n) is 15.7. The lowest BCUT2D eigenvalue weighted by Crippen LogP contribution is -2.35. The molecule has 2 amide bonds. The largest absolute Gasteiger partial charge is 0.493 e. The maximum atomic E-state index is 15.3. The number of aliphatic hydroxyl groups excluding tert-OH is 2. The number of carbonyl (C=O) groups excluding carboxylic acids is 3. The van der Waals surface area contributed by atoms with Gasteiger partial charge in [-0.3, -0.25) is 19.4 Å². The average molecular weight is 711 g/mol. The lowest BCUT2D eigenvalue weighted by molar-refractivity contribution is -0.147. The molecule has 0 spiro atoms. The molecule has 13 nitrogen and oxygen atoms in total. The number of nitrogens with one attached hydrogen (secondary N) is 2. The standard InChI is InChI=1S/C35H36ClFN4O9/c1-47-30-15-24-27(16-31(30)48-12-8-26(38)32(44)49-19-20(17-42)18-43)39-11-7-28(24)50-29-6-5-23(14-25(29)37)41-34(46)35(9-10-35)33(45)40-22-4-2-3-21(36)13-22/h2-7,11,13-16,20,26,42-43H,8-10,12,17-19,38H2,1H3,(H,40,45)(H,41,46). The molecule has 1 aliphatic rings. The highest BCUT2D eigenvalue weighted by atomic mass is 35.5. The number of pyridine rings is 1. The lowest BCUT2D eigenvalue weighted by Gasteiger charge is -2.17. The number of nitrogens with two attached hydrogens (primary N) is 1. The summed E-state index contributed by atoms with van der Waals surface area (Å²) >= 11 is 5.99. The molecule has 1 atom stereocenters. The van der Waals surface area contributed by atoms with Crippen molar-refractivity contribution in [3.05, 3.63) is 77.7 Å². The molecule has 50 heavy (non-hydrogen) atoms. The van der Waals surface area contributed by atoms with Crippen molar-refractivity contribution in [2.24, 2.45) is 17.1 Å². The van der Waals surface area contributed by atoms with Crippen LogP contribution < -0.4 is 30.6 Å². The van der Waals surface area contributed by atoms with Gasteiger partial charge in [-0.05, 0) is 55.3 Å². The minimum atomic E-state index is -1.27. The van der Waals surface area contributed by atoms with E-state index in [1.807, 2.05) is 0 Å². The molecule has 1 saturated carbocycles. The van der Waals surface area contributed by atoms with Crippen LogP contribution in [0.4, 0.5) is 15.8 Å². The quantitative estimate of drug-likeness (QED) is 0.0817. The van der Waals surface area contributed by atoms with E-state index in [1.54, 1.807) is 42.5 Å². The smallest absolute Gasteiger partial charge is 0.323 e. The van der Waals surface area contributed by atoms with Gasteiger partial charge in [-0.1, -0.05) is 17.7 Å². The molecule has 5 rings (SSSR count). The van der Waals surface area contributed by atoms with Crippen LogP contribution in [-0.4, -0.2) is 72.6 Å². The molecule has 1 unspecified atom stereocenters. The monoisotopic (exact) mass is 710 g/mol. The zero-order chi connectivity index (χ0) is 35.8. The summed E-state index contributed by atoms with van der Waals surface area (Å²) in [5.41, 5.74) is 5.69. The summed E-state index contributed by atoms with van der Waals surface area (Å²) in [7, 11) is 1.44. The Morgan fingerprint density at radius 3 is 2.32 bits per heavy atom. The topological polar surface area (TPSA) is 192 Å². The Labute approximate surface area is 291 Å². The van der Waals surface area contributed by atoms with Crippen molar-refractivity contribution in [3.63, 3.8) is 0 Å². The number of halogens is 2. The third kappa shape index (κ3) is 8.58. The van der Waals surface area contributed by atoms with E-state index in [0.717, 1.165) is 6.07 Å². The molecule has 0 bridgehead atoms. The van der Waals surface area contributed by atoms with E-state index in [1.165, 1.54) is 25.4 Å². The molecule has 0 aliphatic heterocycles. The van der Waals surface area contributed by atoms with Gasteiger partial charge in [0.25, 0.3) is 0 Å². The number of hydrogen-bond acceptors (Lipinski definition) is 11. The molecule has 4 aromatic rings. The number of rotatable bonds is 16. The molecular weight excluding hydrogens is 675 g/mol. The van der Waals surface area contributed by atoms with Gasteiger partial charge >= 0.3 is 5.97 Å². The van der Waals surface area contributed by atoms with E-state index in [0.29, 0.717) is 46.0 Å². The molecule has 1 heterocycles. The highest BCUT2D eigenvalue weighted by molar-refractivity contribution is 6.31. The molecule has 1 fully saturated rings. The maximum absolute atomic E-state index is 15.3. The van der Waals surface area contributed by atoms with Gasteiger partial charge < -0.3 is 45.5 Å². The van der Waals surface area contributed by atoms with Crippen LogP contribution in [0, 0.1) is 17.2 Å². The number of ether oxygens (including phenoxy) is 4. The third-order valence-corrected chi connectivity index (χ3v) is 8.30. The van der Waals surface area contributed by atoms with Crippen LogP contribution in [-0.2, 0) is 19.1 Å². The van der Waals surface area contributed by atoms with Crippen molar-refractivity contribution in [1.82, 2.24) is 4.98 Å². The number of benzene rings is 3. The highest BCUT2D eigenvalue weighted by Gasteiger charge is 2.56. The number of nitrogens with zero attached hydrogens (tertiary/aromatic N) is 1. The van der Waals surface area contributed by atoms with Crippen molar-refractivity contribution < 1.29 is 47.9 Å². The number of hydrogen-bond donors (Lipinski definition) is 5. The van der Waals surface area contributed by atoms with Crippen molar-refractivity contribution in [2.75, 3.05) is 44.2 Å². The maximum Gasteiger partial charge on any atom is 0.323 e. The summed E-state index contributed by atoms with van der Waals surface area (Å²) in [6.07, 6.45) is 2.27. The van der Waals surface area contributed by atoms with Gasteiger partial charge in [-0.15, -0.1) is 0 Å². The second-order valence-electron chi connectivity index (χ2n) is 11.7. The number of anilines is 2. The zero-order valence-electron chi connectivity index (χ0n) is 27.0. The molecular formula is C35H36ClFN4O9. The van der Waals surface area contributed by atoms with Crippen molar-refractivity contribution >= 4 is 51.7 Å². The lowest BCUT2D eigenvalue weighted by atomic mass is 10.0. The Kier molecular flexibility index (Phi) is 11.7. The Balaban J connectivity index is 1.22. The number of fused-ring (bicyclic) bond motifs is 1. The van der Waals surface area contributed by atoms with Gasteiger partial charge in [0.2, 0.25) is 11.8 Å². The summed E-state index contributed by atoms with van der Waals surface area (Å²) in [4.78, 5) is 42.5. The molecule has 1 aliphatic carbocycles. The van der Waals surface area contributed by atoms with Crippen LogP contribution in [0.25, 0.3) is 10.9 Å². The van der Waals surface area contributed by atoms with E-state index in [9.17, 15) is 14.4 Å². The summed E-state index contributed by atoms with van der Waals surface area (Å²) in [5, 5.41) is 24.5. The predicted octanol–water partition coefficient (Wildman–Crippen LogP) is 4.43. The SMILES string of the molecule is COc1cc2c(Oc3ccc(NC(=O)C4(C(=O)Nc5cccc(Cl)c5)CC4)cc3F)ccnc2cc1OCCC(N)C(=O)OCC(CO)CO. The fraction of sp³-hybridized carbons (Fsp3) is 0.314. The number of amides is 2. The van der Waals surface area contributed by atoms with Gasteiger partial charge in [-0.2, -0.15) is 0 Å². The average Bonchev–Trinajstić information content (AvgIpc) is 3.92. The van der Waals surface area contributed by atoms with Crippen LogP contribution >= 0.6 is 11.6 Å². The summed E-state index contributed by atoms with van der Waals surface area (Å²) in [6, 6.07) is 14.3. The Bertz CT molecular complexity index is 1870. The third-order valence-electron chi connectivity index (χ3n) is 8.07. The van der Waals surface area contributed by atoms with Crippen molar-refractivity contribution in [3.8, 4) is 23.0 Å². The Morgan fingerprint density at radius 2 is 1.68 bits per heavy atom. The van der Waals surface area contributed by atoms with E-state index in [4.69, 9.17) is 46.5 Å². The van der Waals surface area contributed by atoms with Crippen molar-refractivity contribution in [1.29, 1.82) is 0 Å². The fourth-order valence-corrected chi connectivity index (χ4v) is 5.09. The first kappa shape index (κ1) is 36.3. The number of esters is 1. The van der Waals surface area contributed by atoms with E-state index in [-0.39, 0.29) is 50.0 Å². The number of aliphatic hydroxyl groups is 2. The molecule has 15 heteroatoms. The molecule has 3 aromatic carbocycles. The molecule has 6 N–H and O–H groups in total. The van der Waals surface area contributed by atoms with E-state index < -0.39 is 41.0 Å². The fourth-order valence-electron chi connectivity index (χ4n) is 4.90. The van der Waals surface area contributed by atoms with Gasteiger partial charge in [0.15, 0.2) is 23.1 Å². The first-order chi connectivity index (χ1) is 24.1. The van der Waals surface area contributed by atoms with E-state index >= 15 is 4.39 Å². The molecule has 0 saturated heterocycles.